The SMILES string of the molecule is O=S(=O)([O-])C(F)(F)C(F)(F)C(F)(F)C(F)(F)C(F)(F)C(F)F.[Na+]. The first kappa shape index (κ1) is 25.3. The number of halogens is 12. The molecule has 0 aromatic rings. The molecule has 23 heavy (non-hydrogen) atoms. The van der Waals surface area contributed by atoms with Crippen molar-refractivity contribution in [1.29, 1.82) is 0 Å². The predicted octanol–water partition coefficient (Wildman–Crippen LogP) is -0.0653. The summed E-state index contributed by atoms with van der Waals surface area (Å²) >= 11 is 0. The molecule has 0 bridgehead atoms. The first-order valence-corrected chi connectivity index (χ1v) is 5.73. The Labute approximate surface area is 141 Å². The zero-order valence-electron chi connectivity index (χ0n) is 10.2. The second kappa shape index (κ2) is 6.42. The Morgan fingerprint density at radius 1 is 0.696 bits per heavy atom. The largest absolute Gasteiger partial charge is 1.00 e. The van der Waals surface area contributed by atoms with Gasteiger partial charge in [-0.3, -0.25) is 0 Å². The summed E-state index contributed by atoms with van der Waals surface area (Å²) < 4.78 is 177. The summed E-state index contributed by atoms with van der Waals surface area (Å²) in [6, 6.07) is 0. The van der Waals surface area contributed by atoms with Crippen LogP contribution in [0.3, 0.4) is 0 Å². The Bertz CT molecular complexity index is 529. The topological polar surface area (TPSA) is 57.2 Å². The molecule has 0 saturated carbocycles. The minimum absolute atomic E-state index is 0. The fourth-order valence-corrected chi connectivity index (χ4v) is 1.33. The van der Waals surface area contributed by atoms with Gasteiger partial charge in [0.1, 0.15) is 0 Å². The van der Waals surface area contributed by atoms with E-state index in [1.165, 1.54) is 0 Å². The van der Waals surface area contributed by atoms with E-state index in [0.29, 0.717) is 0 Å². The van der Waals surface area contributed by atoms with Gasteiger partial charge in [-0.1, -0.05) is 0 Å². The molecule has 0 radical (unpaired) electrons. The van der Waals surface area contributed by atoms with Crippen LogP contribution >= 0.6 is 0 Å². The fraction of sp³-hybridized carbons (Fsp3) is 1.00. The van der Waals surface area contributed by atoms with Crippen molar-refractivity contribution in [3.05, 3.63) is 0 Å². The fourth-order valence-electron chi connectivity index (χ4n) is 0.883. The zero-order valence-corrected chi connectivity index (χ0v) is 13.1. The maximum atomic E-state index is 12.7. The summed E-state index contributed by atoms with van der Waals surface area (Å²) in [7, 11) is -7.75. The molecule has 0 aromatic carbocycles. The molecule has 0 rings (SSSR count). The van der Waals surface area contributed by atoms with Crippen molar-refractivity contribution < 1.29 is 95.2 Å². The second-order valence-corrected chi connectivity index (χ2v) is 5.04. The van der Waals surface area contributed by atoms with Crippen molar-refractivity contribution in [1.82, 2.24) is 0 Å². The molecule has 134 valence electrons. The first-order chi connectivity index (χ1) is 9.19. The maximum absolute atomic E-state index is 12.7. The van der Waals surface area contributed by atoms with Crippen molar-refractivity contribution in [2.75, 3.05) is 0 Å². The molecule has 3 nitrogen and oxygen atoms in total. The van der Waals surface area contributed by atoms with Crippen LogP contribution in [-0.4, -0.2) is 48.3 Å². The van der Waals surface area contributed by atoms with Gasteiger partial charge in [-0.15, -0.1) is 0 Å². The van der Waals surface area contributed by atoms with Crippen molar-refractivity contribution in [2.24, 2.45) is 0 Å². The van der Waals surface area contributed by atoms with Crippen LogP contribution in [0.15, 0.2) is 0 Å². The maximum Gasteiger partial charge on any atom is 1.00 e. The van der Waals surface area contributed by atoms with E-state index in [-0.39, 0.29) is 29.6 Å². The molecule has 0 aromatic heterocycles. The Morgan fingerprint density at radius 2 is 1.00 bits per heavy atom. The van der Waals surface area contributed by atoms with Crippen molar-refractivity contribution in [2.45, 2.75) is 35.4 Å². The predicted molar refractivity (Wildman–Crippen MR) is 40.4 cm³/mol. The van der Waals surface area contributed by atoms with Gasteiger partial charge in [-0.05, 0) is 0 Å². The third kappa shape index (κ3) is 3.41. The van der Waals surface area contributed by atoms with Crippen LogP contribution in [-0.2, 0) is 10.1 Å². The third-order valence-corrected chi connectivity index (χ3v) is 3.05. The van der Waals surface area contributed by atoms with E-state index in [1.54, 1.807) is 0 Å². The average molecular weight is 404 g/mol. The van der Waals surface area contributed by atoms with Crippen LogP contribution < -0.4 is 29.6 Å². The van der Waals surface area contributed by atoms with Crippen LogP contribution in [0.5, 0.6) is 0 Å². The van der Waals surface area contributed by atoms with E-state index in [2.05, 4.69) is 0 Å². The molecule has 0 aliphatic heterocycles. The second-order valence-electron chi connectivity index (χ2n) is 3.62. The number of rotatable bonds is 6. The van der Waals surface area contributed by atoms with Crippen molar-refractivity contribution in [3.8, 4) is 0 Å². The van der Waals surface area contributed by atoms with Gasteiger partial charge < -0.3 is 4.55 Å². The van der Waals surface area contributed by atoms with Crippen molar-refractivity contribution in [3.63, 3.8) is 0 Å². The minimum Gasteiger partial charge on any atom is -0.743 e. The van der Waals surface area contributed by atoms with Crippen LogP contribution in [0.1, 0.15) is 0 Å². The summed E-state index contributed by atoms with van der Waals surface area (Å²) in [5.41, 5.74) is 0. The van der Waals surface area contributed by atoms with E-state index in [9.17, 15) is 65.7 Å². The van der Waals surface area contributed by atoms with Crippen LogP contribution in [0, 0.1) is 0 Å². The number of hydrogen-bond acceptors (Lipinski definition) is 3. The smallest absolute Gasteiger partial charge is 0.743 e. The van der Waals surface area contributed by atoms with Crippen LogP contribution in [0.25, 0.3) is 0 Å². The van der Waals surface area contributed by atoms with E-state index < -0.39 is 45.5 Å². The van der Waals surface area contributed by atoms with Crippen LogP contribution in [0.2, 0.25) is 0 Å². The minimum atomic E-state index is -8.03. The molecule has 0 saturated heterocycles. The van der Waals surface area contributed by atoms with Gasteiger partial charge in [-0.2, -0.15) is 43.9 Å². The summed E-state index contributed by atoms with van der Waals surface area (Å²) in [5.74, 6) is -31.0. The van der Waals surface area contributed by atoms with Gasteiger partial charge in [0.2, 0.25) is 0 Å². The summed E-state index contributed by atoms with van der Waals surface area (Å²) in [5, 5.41) is -7.49. The number of alkyl halides is 12. The normalized spacial score (nSPS) is 15.6. The molecule has 0 unspecified atom stereocenters. The molecule has 17 heteroatoms. The quantitative estimate of drug-likeness (QED) is 0.354. The Balaban J connectivity index is 0. The molecule has 0 spiro atoms. The first-order valence-electron chi connectivity index (χ1n) is 4.32. The standard InChI is InChI=1S/C6H2F12O3S.Na/c7-1(8)2(9,10)3(11,12)4(13,14)5(15,16)6(17,18)22(19,20)21;/h1H,(H,19,20,21);/q;+1/p-1. The monoisotopic (exact) mass is 404 g/mol. The summed E-state index contributed by atoms with van der Waals surface area (Å²) in [6.07, 6.45) is -5.71. The summed E-state index contributed by atoms with van der Waals surface area (Å²) in [6.45, 7) is 0. The molecular formula is C6HF12NaO3S. The molecule has 0 heterocycles. The third-order valence-electron chi connectivity index (χ3n) is 2.16. The zero-order chi connectivity index (χ0) is 18.6. The Kier molecular flexibility index (Phi) is 7.06. The van der Waals surface area contributed by atoms with Gasteiger partial charge in [0.25, 0.3) is 0 Å². The molecule has 0 atom stereocenters. The van der Waals surface area contributed by atoms with E-state index >= 15 is 0 Å². The van der Waals surface area contributed by atoms with E-state index in [0.717, 1.165) is 0 Å². The van der Waals surface area contributed by atoms with Gasteiger partial charge in [-0.25, -0.2) is 17.2 Å². The van der Waals surface area contributed by atoms with E-state index in [1.807, 2.05) is 0 Å². The Morgan fingerprint density at radius 3 is 1.22 bits per heavy atom. The van der Waals surface area contributed by atoms with Gasteiger partial charge in [0.05, 0.1) is 0 Å². The molecule has 0 amide bonds. The average Bonchev–Trinajstić information content (AvgIpc) is 2.25. The molecular weight excluding hydrogens is 403 g/mol. The molecule has 0 fully saturated rings. The molecule has 0 aliphatic carbocycles. The van der Waals surface area contributed by atoms with Gasteiger partial charge in [0.15, 0.2) is 10.1 Å². The Hall–Kier alpha value is 0.0700. The van der Waals surface area contributed by atoms with E-state index in [4.69, 9.17) is 0 Å². The van der Waals surface area contributed by atoms with Gasteiger partial charge >= 0.3 is 64.9 Å². The number of hydrogen-bond donors (Lipinski definition) is 0. The molecule has 0 N–H and O–H groups in total. The van der Waals surface area contributed by atoms with Crippen molar-refractivity contribution >= 4 is 10.1 Å². The molecule has 0 aliphatic rings. The van der Waals surface area contributed by atoms with Crippen LogP contribution in [0.4, 0.5) is 52.7 Å². The van der Waals surface area contributed by atoms with Gasteiger partial charge in [0, 0.05) is 0 Å². The summed E-state index contributed by atoms with van der Waals surface area (Å²) in [4.78, 5) is 0.